The number of hydrogen-bond donors (Lipinski definition) is 1. The third-order valence-electron chi connectivity index (χ3n) is 5.85. The lowest BCUT2D eigenvalue weighted by atomic mass is 10.1. The van der Waals surface area contributed by atoms with Crippen molar-refractivity contribution in [2.75, 3.05) is 50.0 Å². The van der Waals surface area contributed by atoms with Crippen molar-refractivity contribution in [2.24, 2.45) is 0 Å². The molecule has 0 aromatic heterocycles. The predicted molar refractivity (Wildman–Crippen MR) is 121 cm³/mol. The predicted octanol–water partition coefficient (Wildman–Crippen LogP) is 2.58. The Hall–Kier alpha value is -2.90. The van der Waals surface area contributed by atoms with Gasteiger partial charge in [0.25, 0.3) is 5.91 Å². The summed E-state index contributed by atoms with van der Waals surface area (Å²) in [5.74, 6) is 0.438. The fourth-order valence-electron chi connectivity index (χ4n) is 4.04. The molecule has 2 aliphatic rings. The number of carbonyl (C=O) groups excluding carboxylic acids is 2. The number of amides is 2. The molecule has 0 spiro atoms. The Kier molecular flexibility index (Phi) is 6.53. The van der Waals surface area contributed by atoms with E-state index in [9.17, 15) is 9.59 Å². The topological polar surface area (TPSA) is 65.1 Å². The number of anilines is 2. The van der Waals surface area contributed by atoms with Crippen molar-refractivity contribution in [3.05, 3.63) is 54.1 Å². The van der Waals surface area contributed by atoms with Crippen molar-refractivity contribution in [3.63, 3.8) is 0 Å². The Morgan fingerprint density at radius 1 is 1.10 bits per heavy atom. The Morgan fingerprint density at radius 2 is 1.87 bits per heavy atom. The summed E-state index contributed by atoms with van der Waals surface area (Å²) in [4.78, 5) is 31.6. The van der Waals surface area contributed by atoms with Crippen LogP contribution in [0.1, 0.15) is 18.9 Å². The van der Waals surface area contributed by atoms with E-state index < -0.39 is 6.10 Å². The van der Waals surface area contributed by atoms with Gasteiger partial charge in [-0.15, -0.1) is 0 Å². The maximum atomic E-state index is 12.6. The van der Waals surface area contributed by atoms with Crippen molar-refractivity contribution < 1.29 is 14.3 Å². The average molecular weight is 423 g/mol. The van der Waals surface area contributed by atoms with Gasteiger partial charge in [0.15, 0.2) is 6.10 Å². The molecule has 164 valence electrons. The molecular formula is C24H30N4O3. The minimum absolute atomic E-state index is 0.110. The molecule has 31 heavy (non-hydrogen) atoms. The molecule has 0 saturated carbocycles. The largest absolute Gasteiger partial charge is 0.479 e. The number of rotatable bonds is 6. The third kappa shape index (κ3) is 5.24. The molecule has 4 rings (SSSR count). The van der Waals surface area contributed by atoms with Crippen LogP contribution >= 0.6 is 0 Å². The van der Waals surface area contributed by atoms with Crippen LogP contribution < -0.4 is 15.0 Å². The summed E-state index contributed by atoms with van der Waals surface area (Å²) in [6, 6.07) is 15.4. The molecule has 1 saturated heterocycles. The van der Waals surface area contributed by atoms with Crippen LogP contribution in [0.4, 0.5) is 11.4 Å². The van der Waals surface area contributed by atoms with Gasteiger partial charge in [-0.3, -0.25) is 14.5 Å². The first kappa shape index (κ1) is 21.3. The van der Waals surface area contributed by atoms with Crippen molar-refractivity contribution in [1.29, 1.82) is 0 Å². The van der Waals surface area contributed by atoms with Gasteiger partial charge in [-0.2, -0.15) is 0 Å². The van der Waals surface area contributed by atoms with Crippen LogP contribution in [-0.2, 0) is 16.1 Å². The molecule has 1 fully saturated rings. The van der Waals surface area contributed by atoms with E-state index in [0.29, 0.717) is 18.0 Å². The number of fused-ring (bicyclic) bond motifs is 1. The summed E-state index contributed by atoms with van der Waals surface area (Å²) in [6.45, 7) is 7.21. The van der Waals surface area contributed by atoms with Gasteiger partial charge in [0.1, 0.15) is 5.75 Å². The van der Waals surface area contributed by atoms with E-state index in [-0.39, 0.29) is 18.2 Å². The number of likely N-dealkylation sites (N-methyl/N-ethyl adjacent to an activating group) is 1. The zero-order chi connectivity index (χ0) is 21.8. The van der Waals surface area contributed by atoms with Crippen molar-refractivity contribution in [3.8, 4) is 5.75 Å². The van der Waals surface area contributed by atoms with Gasteiger partial charge in [0.05, 0.1) is 5.69 Å². The molecule has 0 radical (unpaired) electrons. The number of para-hydroxylation sites is 2. The fourth-order valence-corrected chi connectivity index (χ4v) is 4.04. The van der Waals surface area contributed by atoms with Gasteiger partial charge < -0.3 is 19.9 Å². The Labute approximate surface area is 183 Å². The third-order valence-corrected chi connectivity index (χ3v) is 5.85. The zero-order valence-electron chi connectivity index (χ0n) is 18.2. The van der Waals surface area contributed by atoms with Gasteiger partial charge in [-0.25, -0.2) is 0 Å². The first-order valence-corrected chi connectivity index (χ1v) is 10.9. The molecule has 7 nitrogen and oxygen atoms in total. The molecule has 0 bridgehead atoms. The van der Waals surface area contributed by atoms with Gasteiger partial charge in [0.2, 0.25) is 5.91 Å². The van der Waals surface area contributed by atoms with Gasteiger partial charge in [-0.1, -0.05) is 24.3 Å². The minimum atomic E-state index is -0.552. The Balaban J connectivity index is 1.34. The monoisotopic (exact) mass is 422 g/mol. The van der Waals surface area contributed by atoms with Crippen LogP contribution in [0.5, 0.6) is 5.75 Å². The highest BCUT2D eigenvalue weighted by molar-refractivity contribution is 6.00. The molecule has 1 unspecified atom stereocenters. The SMILES string of the molecule is CC1Oc2ccccc2N(CCC(=O)Nc2cccc(CN3CCN(C)CC3)c2)C1=O. The fraction of sp³-hybridized carbons (Fsp3) is 0.417. The number of carbonyl (C=O) groups is 2. The highest BCUT2D eigenvalue weighted by atomic mass is 16.5. The highest BCUT2D eigenvalue weighted by Crippen LogP contribution is 2.33. The molecule has 2 heterocycles. The smallest absolute Gasteiger partial charge is 0.267 e. The van der Waals surface area contributed by atoms with Gasteiger partial charge in [-0.05, 0) is 43.8 Å². The quantitative estimate of drug-likeness (QED) is 0.775. The van der Waals surface area contributed by atoms with Gasteiger partial charge in [0, 0.05) is 51.4 Å². The highest BCUT2D eigenvalue weighted by Gasteiger charge is 2.31. The zero-order valence-corrected chi connectivity index (χ0v) is 18.2. The summed E-state index contributed by atoms with van der Waals surface area (Å²) in [7, 11) is 2.15. The van der Waals surface area contributed by atoms with Crippen molar-refractivity contribution in [1.82, 2.24) is 9.80 Å². The maximum absolute atomic E-state index is 12.6. The normalized spacial score (nSPS) is 19.6. The number of benzene rings is 2. The van der Waals surface area contributed by atoms with E-state index in [1.54, 1.807) is 11.8 Å². The van der Waals surface area contributed by atoms with Crippen molar-refractivity contribution >= 4 is 23.2 Å². The Bertz CT molecular complexity index is 940. The Morgan fingerprint density at radius 3 is 2.68 bits per heavy atom. The number of nitrogens with zero attached hydrogens (tertiary/aromatic N) is 3. The second kappa shape index (κ2) is 9.49. The summed E-state index contributed by atoms with van der Waals surface area (Å²) in [5.41, 5.74) is 2.69. The van der Waals surface area contributed by atoms with Crippen molar-refractivity contribution in [2.45, 2.75) is 26.0 Å². The molecule has 2 aliphatic heterocycles. The second-order valence-corrected chi connectivity index (χ2v) is 8.30. The second-order valence-electron chi connectivity index (χ2n) is 8.30. The first-order valence-electron chi connectivity index (χ1n) is 10.9. The molecule has 1 N–H and O–H groups in total. The van der Waals surface area contributed by atoms with E-state index in [1.165, 1.54) is 5.56 Å². The van der Waals surface area contributed by atoms with Crippen LogP contribution in [0.3, 0.4) is 0 Å². The molecule has 2 aromatic carbocycles. The lowest BCUT2D eigenvalue weighted by Gasteiger charge is -2.32. The number of piperazine rings is 1. The minimum Gasteiger partial charge on any atom is -0.479 e. The van der Waals surface area contributed by atoms with Crippen LogP contribution in [0.15, 0.2) is 48.5 Å². The van der Waals surface area contributed by atoms with E-state index in [2.05, 4.69) is 28.2 Å². The first-order chi connectivity index (χ1) is 15.0. The van der Waals surface area contributed by atoms with E-state index in [4.69, 9.17) is 4.74 Å². The summed E-state index contributed by atoms with van der Waals surface area (Å²) >= 11 is 0. The standard InChI is InChI=1S/C24H30N4O3/c1-18-24(30)28(21-8-3-4-9-22(21)31-18)11-10-23(29)25-20-7-5-6-19(16-20)17-27-14-12-26(2)13-15-27/h3-9,16,18H,10-15,17H2,1-2H3,(H,25,29). The van der Waals surface area contributed by atoms with E-state index in [0.717, 1.165) is 38.4 Å². The summed E-state index contributed by atoms with van der Waals surface area (Å²) in [6.07, 6.45) is -0.334. The van der Waals surface area contributed by atoms with Crippen LogP contribution in [0, 0.1) is 0 Å². The summed E-state index contributed by atoms with van der Waals surface area (Å²) in [5, 5.41) is 2.98. The number of hydrogen-bond acceptors (Lipinski definition) is 5. The lowest BCUT2D eigenvalue weighted by Crippen LogP contribution is -2.45. The molecule has 7 heteroatoms. The molecule has 2 aromatic rings. The van der Waals surface area contributed by atoms with Crippen LogP contribution in [0.2, 0.25) is 0 Å². The lowest BCUT2D eigenvalue weighted by molar-refractivity contribution is -0.125. The average Bonchev–Trinajstić information content (AvgIpc) is 2.76. The molecular weight excluding hydrogens is 392 g/mol. The molecule has 2 amide bonds. The molecule has 0 aliphatic carbocycles. The van der Waals surface area contributed by atoms with E-state index >= 15 is 0 Å². The summed E-state index contributed by atoms with van der Waals surface area (Å²) < 4.78 is 5.66. The van der Waals surface area contributed by atoms with E-state index in [1.807, 2.05) is 42.5 Å². The van der Waals surface area contributed by atoms with Crippen LogP contribution in [0.25, 0.3) is 0 Å². The number of nitrogens with one attached hydrogen (secondary N) is 1. The molecule has 1 atom stereocenters. The maximum Gasteiger partial charge on any atom is 0.267 e. The van der Waals surface area contributed by atoms with Crippen LogP contribution in [-0.4, -0.2) is 67.5 Å². The van der Waals surface area contributed by atoms with Gasteiger partial charge >= 0.3 is 0 Å². The number of ether oxygens (including phenoxy) is 1.